The Morgan fingerprint density at radius 2 is 1.38 bits per heavy atom. The maximum absolute atomic E-state index is 5.39. The number of benzene rings is 3. The minimum absolute atomic E-state index is 0.761. The Balaban J connectivity index is 2.15. The number of nitrogens with one attached hydrogen (secondary N) is 1. The van der Waals surface area contributed by atoms with Gasteiger partial charge >= 0.3 is 0 Å². The zero-order chi connectivity index (χ0) is 14.2. The molecule has 0 aliphatic carbocycles. The van der Waals surface area contributed by atoms with Gasteiger partial charge in [-0.05, 0) is 40.1 Å². The lowest BCUT2D eigenvalue weighted by atomic mass is 9.99. The smallest absolute Gasteiger partial charge is 0.104 e. The molecular weight excluding hydrogens is 274 g/mol. The van der Waals surface area contributed by atoms with Crippen LogP contribution in [0.1, 0.15) is 0 Å². The van der Waals surface area contributed by atoms with Crippen molar-refractivity contribution in [3.05, 3.63) is 77.4 Å². The van der Waals surface area contributed by atoms with Gasteiger partial charge in [0.1, 0.15) is 4.64 Å². The summed E-state index contributed by atoms with van der Waals surface area (Å²) in [7, 11) is 0. The van der Waals surface area contributed by atoms with Crippen LogP contribution >= 0.6 is 12.2 Å². The summed E-state index contributed by atoms with van der Waals surface area (Å²) in [6, 6.07) is 25.2. The molecule has 0 fully saturated rings. The predicted molar refractivity (Wildman–Crippen MR) is 92.1 cm³/mol. The molecule has 1 N–H and O–H groups in total. The summed E-state index contributed by atoms with van der Waals surface area (Å²) >= 11 is 5.39. The highest BCUT2D eigenvalue weighted by Crippen LogP contribution is 2.30. The lowest BCUT2D eigenvalue weighted by molar-refractivity contribution is 1.38. The molecule has 0 aliphatic rings. The fourth-order valence-electron chi connectivity index (χ4n) is 2.80. The third-order valence-electron chi connectivity index (χ3n) is 3.79. The van der Waals surface area contributed by atoms with Gasteiger partial charge in [-0.15, -0.1) is 0 Å². The van der Waals surface area contributed by atoms with E-state index < -0.39 is 0 Å². The average Bonchev–Trinajstić information content (AvgIpc) is 2.53. The van der Waals surface area contributed by atoms with Crippen LogP contribution in [-0.4, -0.2) is 4.98 Å². The molecule has 0 spiro atoms. The molecule has 0 bridgehead atoms. The highest BCUT2D eigenvalue weighted by atomic mass is 32.1. The normalized spacial score (nSPS) is 11.0. The standard InChI is InChI=1S/C19H13NS/c21-19-12-16(13-6-2-1-3-7-13)17-10-14-8-4-5-9-15(14)11-18(17)20-19/h1-12H,(H,20,21). The third-order valence-corrected chi connectivity index (χ3v) is 4.01. The summed E-state index contributed by atoms with van der Waals surface area (Å²) in [5.41, 5.74) is 3.46. The maximum atomic E-state index is 5.39. The fraction of sp³-hybridized carbons (Fsp3) is 0. The van der Waals surface area contributed by atoms with Crippen LogP contribution in [0.3, 0.4) is 0 Å². The molecule has 4 aromatic rings. The second-order valence-electron chi connectivity index (χ2n) is 5.16. The first-order chi connectivity index (χ1) is 10.3. The monoisotopic (exact) mass is 287 g/mol. The fourth-order valence-corrected chi connectivity index (χ4v) is 3.03. The molecule has 1 heterocycles. The van der Waals surface area contributed by atoms with Crippen molar-refractivity contribution in [1.82, 2.24) is 4.98 Å². The molecule has 4 rings (SSSR count). The molecule has 0 aliphatic heterocycles. The highest BCUT2D eigenvalue weighted by Gasteiger charge is 2.06. The van der Waals surface area contributed by atoms with E-state index in [1.165, 1.54) is 27.3 Å². The number of aromatic nitrogens is 1. The first-order valence-electron chi connectivity index (χ1n) is 6.92. The van der Waals surface area contributed by atoms with Crippen molar-refractivity contribution in [3.63, 3.8) is 0 Å². The number of pyridine rings is 1. The number of fused-ring (bicyclic) bond motifs is 2. The molecule has 0 radical (unpaired) electrons. The SMILES string of the molecule is S=c1cc(-c2ccccc2)c2cc3ccccc3cc2[nH]1. The van der Waals surface area contributed by atoms with Crippen molar-refractivity contribution in [2.75, 3.05) is 0 Å². The molecule has 1 aromatic heterocycles. The number of rotatable bonds is 1. The first-order valence-corrected chi connectivity index (χ1v) is 7.33. The van der Waals surface area contributed by atoms with Crippen LogP contribution in [0.15, 0.2) is 72.8 Å². The van der Waals surface area contributed by atoms with E-state index in [1.807, 2.05) is 12.1 Å². The summed E-state index contributed by atoms with van der Waals surface area (Å²) in [4.78, 5) is 3.31. The summed E-state index contributed by atoms with van der Waals surface area (Å²) < 4.78 is 0.761. The third kappa shape index (κ3) is 2.14. The van der Waals surface area contributed by atoms with Gasteiger partial charge in [0.25, 0.3) is 0 Å². The van der Waals surface area contributed by atoms with Gasteiger partial charge in [0, 0.05) is 10.9 Å². The molecule has 0 saturated heterocycles. The minimum atomic E-state index is 0.761. The molecule has 2 heteroatoms. The van der Waals surface area contributed by atoms with E-state index in [0.29, 0.717) is 0 Å². The van der Waals surface area contributed by atoms with E-state index in [2.05, 4.69) is 65.6 Å². The van der Waals surface area contributed by atoms with Crippen molar-refractivity contribution in [3.8, 4) is 11.1 Å². The molecule has 3 aromatic carbocycles. The molecule has 0 saturated carbocycles. The predicted octanol–water partition coefficient (Wildman–Crippen LogP) is 5.72. The zero-order valence-corrected chi connectivity index (χ0v) is 12.2. The van der Waals surface area contributed by atoms with Gasteiger partial charge in [-0.1, -0.05) is 66.8 Å². The molecule has 1 nitrogen and oxygen atoms in total. The van der Waals surface area contributed by atoms with E-state index in [1.54, 1.807) is 0 Å². The summed E-state index contributed by atoms with van der Waals surface area (Å²) in [5.74, 6) is 0. The van der Waals surface area contributed by atoms with Gasteiger partial charge in [0.2, 0.25) is 0 Å². The van der Waals surface area contributed by atoms with Crippen LogP contribution in [0.25, 0.3) is 32.8 Å². The van der Waals surface area contributed by atoms with Gasteiger partial charge in [0.05, 0.1) is 0 Å². The summed E-state index contributed by atoms with van der Waals surface area (Å²) in [6.45, 7) is 0. The topological polar surface area (TPSA) is 15.8 Å². The molecular formula is C19H13NS. The maximum Gasteiger partial charge on any atom is 0.104 e. The van der Waals surface area contributed by atoms with Gasteiger partial charge in [-0.2, -0.15) is 0 Å². The Morgan fingerprint density at radius 3 is 2.14 bits per heavy atom. The number of aromatic amines is 1. The highest BCUT2D eigenvalue weighted by molar-refractivity contribution is 7.71. The van der Waals surface area contributed by atoms with Crippen molar-refractivity contribution in [2.24, 2.45) is 0 Å². The molecule has 0 amide bonds. The first kappa shape index (κ1) is 12.3. The van der Waals surface area contributed by atoms with E-state index in [-0.39, 0.29) is 0 Å². The Labute approximate surface area is 127 Å². The number of hydrogen-bond acceptors (Lipinski definition) is 1. The average molecular weight is 287 g/mol. The van der Waals surface area contributed by atoms with Gasteiger partial charge in [-0.3, -0.25) is 0 Å². The van der Waals surface area contributed by atoms with E-state index in [4.69, 9.17) is 12.2 Å². The summed E-state index contributed by atoms with van der Waals surface area (Å²) in [6.07, 6.45) is 0. The van der Waals surface area contributed by atoms with E-state index in [9.17, 15) is 0 Å². The Hall–Kier alpha value is -2.45. The van der Waals surface area contributed by atoms with Crippen LogP contribution in [0.2, 0.25) is 0 Å². The summed E-state index contributed by atoms with van der Waals surface area (Å²) in [5, 5.41) is 3.67. The lowest BCUT2D eigenvalue weighted by Crippen LogP contribution is -1.86. The number of H-pyrrole nitrogens is 1. The quantitative estimate of drug-likeness (QED) is 0.350. The van der Waals surface area contributed by atoms with Crippen molar-refractivity contribution < 1.29 is 0 Å². The lowest BCUT2D eigenvalue weighted by Gasteiger charge is -2.09. The van der Waals surface area contributed by atoms with Crippen molar-refractivity contribution >= 4 is 33.9 Å². The number of hydrogen-bond donors (Lipinski definition) is 1. The Morgan fingerprint density at radius 1 is 0.714 bits per heavy atom. The van der Waals surface area contributed by atoms with Gasteiger partial charge in [0.15, 0.2) is 0 Å². The molecule has 0 atom stereocenters. The second kappa shape index (κ2) is 4.83. The molecule has 100 valence electrons. The van der Waals surface area contributed by atoms with Crippen molar-refractivity contribution in [2.45, 2.75) is 0 Å². The van der Waals surface area contributed by atoms with Gasteiger partial charge in [-0.25, -0.2) is 0 Å². The molecule has 21 heavy (non-hydrogen) atoms. The molecule has 0 unspecified atom stereocenters. The van der Waals surface area contributed by atoms with E-state index in [0.717, 1.165) is 10.2 Å². The van der Waals surface area contributed by atoms with Crippen LogP contribution in [0.5, 0.6) is 0 Å². The van der Waals surface area contributed by atoms with Crippen LogP contribution in [0.4, 0.5) is 0 Å². The Kier molecular flexibility index (Phi) is 2.83. The largest absolute Gasteiger partial charge is 0.346 e. The van der Waals surface area contributed by atoms with E-state index >= 15 is 0 Å². The van der Waals surface area contributed by atoms with Crippen LogP contribution in [-0.2, 0) is 0 Å². The van der Waals surface area contributed by atoms with Gasteiger partial charge < -0.3 is 4.98 Å². The zero-order valence-electron chi connectivity index (χ0n) is 11.3. The minimum Gasteiger partial charge on any atom is -0.346 e. The Bertz CT molecular complexity index is 1000. The van der Waals surface area contributed by atoms with Crippen molar-refractivity contribution in [1.29, 1.82) is 0 Å². The van der Waals surface area contributed by atoms with Crippen LogP contribution in [0, 0.1) is 4.64 Å². The van der Waals surface area contributed by atoms with Crippen LogP contribution < -0.4 is 0 Å². The second-order valence-corrected chi connectivity index (χ2v) is 5.60.